The lowest BCUT2D eigenvalue weighted by atomic mass is 9.99. The number of thiazole rings is 1. The molecule has 0 saturated carbocycles. The Balaban J connectivity index is 1.65. The number of ether oxygens (including phenoxy) is 1. The zero-order chi connectivity index (χ0) is 23.8. The van der Waals surface area contributed by atoms with Gasteiger partial charge in [-0.3, -0.25) is 9.59 Å². The fraction of sp³-hybridized carbons (Fsp3) is 0.350. The summed E-state index contributed by atoms with van der Waals surface area (Å²) in [5.74, 6) is -1.45. The number of piperidine rings is 1. The van der Waals surface area contributed by atoms with Gasteiger partial charge in [0.15, 0.2) is 4.80 Å². The molecular weight excluding hydrogens is 574 g/mol. The van der Waals surface area contributed by atoms with Crippen LogP contribution in [0.2, 0.25) is 4.34 Å². The van der Waals surface area contributed by atoms with Crippen LogP contribution >= 0.6 is 50.2 Å². The van der Waals surface area contributed by atoms with Crippen LogP contribution in [0.1, 0.15) is 12.8 Å². The van der Waals surface area contributed by atoms with Gasteiger partial charge < -0.3 is 9.30 Å². The van der Waals surface area contributed by atoms with E-state index in [9.17, 15) is 18.0 Å². The van der Waals surface area contributed by atoms with E-state index in [4.69, 9.17) is 16.3 Å². The van der Waals surface area contributed by atoms with Gasteiger partial charge in [-0.05, 0) is 43.2 Å². The van der Waals surface area contributed by atoms with Gasteiger partial charge in [0.05, 0.1) is 27.6 Å². The zero-order valence-corrected chi connectivity index (χ0v) is 22.2. The Kier molecular flexibility index (Phi) is 7.41. The Morgan fingerprint density at radius 3 is 2.76 bits per heavy atom. The molecule has 4 rings (SSSR count). The number of hydrogen-bond donors (Lipinski definition) is 0. The molecular formula is C20H19BrClN3O5S3. The average molecular weight is 593 g/mol. The van der Waals surface area contributed by atoms with Gasteiger partial charge in [-0.15, -0.1) is 11.3 Å². The van der Waals surface area contributed by atoms with E-state index in [1.54, 1.807) is 10.6 Å². The number of carbonyl (C=O) groups excluding carboxylic acids is 2. The van der Waals surface area contributed by atoms with Gasteiger partial charge >= 0.3 is 5.97 Å². The second kappa shape index (κ2) is 9.96. The standard InChI is InChI=1S/C20H19BrClN3O5S3/c1-30-17(26)11-25-14-5-4-13(21)9-15(14)31-20(25)23-19(27)12-3-2-8-24(10-12)33(28,29)18-7-6-16(22)32-18/h4-7,9,12H,2-3,8,10-11H2,1H3. The molecule has 2 aromatic heterocycles. The highest BCUT2D eigenvalue weighted by molar-refractivity contribution is 9.10. The highest BCUT2D eigenvalue weighted by Crippen LogP contribution is 2.31. The predicted octanol–water partition coefficient (Wildman–Crippen LogP) is 3.88. The van der Waals surface area contributed by atoms with Crippen LogP contribution < -0.4 is 4.80 Å². The fourth-order valence-electron chi connectivity index (χ4n) is 3.59. The van der Waals surface area contributed by atoms with Crippen molar-refractivity contribution >= 4 is 82.3 Å². The Morgan fingerprint density at radius 2 is 2.06 bits per heavy atom. The Hall–Kier alpha value is -1.57. The van der Waals surface area contributed by atoms with E-state index in [-0.39, 0.29) is 17.3 Å². The van der Waals surface area contributed by atoms with E-state index in [0.717, 1.165) is 26.0 Å². The number of methoxy groups -OCH3 is 1. The summed E-state index contributed by atoms with van der Waals surface area (Å²) < 4.78 is 35.9. The molecule has 1 aliphatic rings. The molecule has 176 valence electrons. The lowest BCUT2D eigenvalue weighted by Crippen LogP contribution is -2.42. The van der Waals surface area contributed by atoms with Crippen LogP contribution in [0.15, 0.2) is 44.0 Å². The van der Waals surface area contributed by atoms with Crippen LogP contribution in [0.25, 0.3) is 10.2 Å². The Labute approximate surface area is 211 Å². The number of benzene rings is 1. The smallest absolute Gasteiger partial charge is 0.325 e. The highest BCUT2D eigenvalue weighted by atomic mass is 79.9. The van der Waals surface area contributed by atoms with Crippen molar-refractivity contribution in [1.29, 1.82) is 0 Å². The molecule has 1 aliphatic heterocycles. The summed E-state index contributed by atoms with van der Waals surface area (Å²) in [7, 11) is -2.43. The third kappa shape index (κ3) is 5.25. The number of aromatic nitrogens is 1. The molecule has 13 heteroatoms. The minimum absolute atomic E-state index is 0.0492. The summed E-state index contributed by atoms with van der Waals surface area (Å²) in [5, 5.41) is 0. The van der Waals surface area contributed by atoms with E-state index < -0.39 is 27.8 Å². The first-order valence-corrected chi connectivity index (χ1v) is 14.1. The molecule has 0 spiro atoms. The minimum Gasteiger partial charge on any atom is -0.468 e. The summed E-state index contributed by atoms with van der Waals surface area (Å²) in [6.07, 6.45) is 1.08. The van der Waals surface area contributed by atoms with Gasteiger partial charge in [0.1, 0.15) is 10.8 Å². The first-order chi connectivity index (χ1) is 15.7. The Morgan fingerprint density at radius 1 is 1.27 bits per heavy atom. The number of rotatable bonds is 5. The quantitative estimate of drug-likeness (QED) is 0.419. The third-order valence-electron chi connectivity index (χ3n) is 5.24. The lowest BCUT2D eigenvalue weighted by molar-refractivity contribution is -0.141. The molecule has 8 nitrogen and oxygen atoms in total. The number of carbonyl (C=O) groups is 2. The topological polar surface area (TPSA) is 98.0 Å². The second-order valence-electron chi connectivity index (χ2n) is 7.37. The predicted molar refractivity (Wildman–Crippen MR) is 131 cm³/mol. The summed E-state index contributed by atoms with van der Waals surface area (Å²) in [6, 6.07) is 8.58. The van der Waals surface area contributed by atoms with E-state index in [0.29, 0.717) is 28.5 Å². The molecule has 1 unspecified atom stereocenters. The van der Waals surface area contributed by atoms with E-state index in [2.05, 4.69) is 20.9 Å². The fourth-order valence-corrected chi connectivity index (χ4v) is 8.34. The molecule has 1 fully saturated rings. The number of halogens is 2. The van der Waals surface area contributed by atoms with Crippen LogP contribution in [0.4, 0.5) is 0 Å². The van der Waals surface area contributed by atoms with Crippen LogP contribution in [0.5, 0.6) is 0 Å². The van der Waals surface area contributed by atoms with Crippen LogP contribution in [0.3, 0.4) is 0 Å². The molecule has 3 aromatic rings. The molecule has 0 N–H and O–H groups in total. The number of amides is 1. The summed E-state index contributed by atoms with van der Waals surface area (Å²) in [6.45, 7) is 0.295. The normalized spacial score (nSPS) is 18.0. The maximum absolute atomic E-state index is 13.1. The molecule has 0 aliphatic carbocycles. The number of hydrogen-bond acceptors (Lipinski definition) is 7. The van der Waals surface area contributed by atoms with Gasteiger partial charge in [-0.1, -0.05) is 38.9 Å². The van der Waals surface area contributed by atoms with Gasteiger partial charge in [0.25, 0.3) is 15.9 Å². The van der Waals surface area contributed by atoms with Crippen molar-refractivity contribution in [2.24, 2.45) is 10.9 Å². The number of sulfonamides is 1. The van der Waals surface area contributed by atoms with E-state index >= 15 is 0 Å². The van der Waals surface area contributed by atoms with E-state index in [1.807, 2.05) is 18.2 Å². The first-order valence-electron chi connectivity index (χ1n) is 9.89. The lowest BCUT2D eigenvalue weighted by Gasteiger charge is -2.29. The molecule has 1 atom stereocenters. The second-order valence-corrected chi connectivity index (χ2v) is 13.2. The Bertz CT molecular complexity index is 1400. The molecule has 3 heterocycles. The van der Waals surface area contributed by atoms with Crippen molar-refractivity contribution in [2.45, 2.75) is 23.6 Å². The van der Waals surface area contributed by atoms with Crippen molar-refractivity contribution in [1.82, 2.24) is 8.87 Å². The largest absolute Gasteiger partial charge is 0.468 e. The maximum atomic E-state index is 13.1. The molecule has 0 radical (unpaired) electrons. The summed E-state index contributed by atoms with van der Waals surface area (Å²) >= 11 is 11.6. The number of thiophene rings is 1. The first kappa shape index (κ1) is 24.6. The van der Waals surface area contributed by atoms with Gasteiger partial charge in [0, 0.05) is 17.6 Å². The highest BCUT2D eigenvalue weighted by Gasteiger charge is 2.34. The van der Waals surface area contributed by atoms with Crippen molar-refractivity contribution in [2.75, 3.05) is 20.2 Å². The van der Waals surface area contributed by atoms with Gasteiger partial charge in [-0.2, -0.15) is 9.30 Å². The van der Waals surface area contributed by atoms with Gasteiger partial charge in [-0.25, -0.2) is 8.42 Å². The number of fused-ring (bicyclic) bond motifs is 1. The van der Waals surface area contributed by atoms with Gasteiger partial charge in [0.2, 0.25) is 0 Å². The number of esters is 1. The average Bonchev–Trinajstić information content (AvgIpc) is 3.37. The summed E-state index contributed by atoms with van der Waals surface area (Å²) in [5.41, 5.74) is 0.752. The molecule has 0 bridgehead atoms. The van der Waals surface area contributed by atoms with Crippen LogP contribution in [-0.2, 0) is 30.9 Å². The molecule has 1 amide bonds. The third-order valence-corrected chi connectivity index (χ3v) is 10.3. The van der Waals surface area contributed by atoms with Crippen molar-refractivity contribution in [3.8, 4) is 0 Å². The van der Waals surface area contributed by atoms with Crippen molar-refractivity contribution in [3.05, 3.63) is 43.9 Å². The van der Waals surface area contributed by atoms with Crippen LogP contribution in [-0.4, -0.2) is 49.4 Å². The minimum atomic E-state index is -3.73. The molecule has 1 saturated heterocycles. The van der Waals surface area contributed by atoms with E-state index in [1.165, 1.54) is 28.8 Å². The molecule has 33 heavy (non-hydrogen) atoms. The maximum Gasteiger partial charge on any atom is 0.325 e. The SMILES string of the molecule is COC(=O)Cn1c(=NC(=O)C2CCCN(S(=O)(=O)c3ccc(Cl)s3)C2)sc2cc(Br)ccc21. The van der Waals surface area contributed by atoms with Crippen LogP contribution in [0, 0.1) is 5.92 Å². The monoisotopic (exact) mass is 591 g/mol. The van der Waals surface area contributed by atoms with Crippen molar-refractivity contribution in [3.63, 3.8) is 0 Å². The van der Waals surface area contributed by atoms with Crippen molar-refractivity contribution < 1.29 is 22.7 Å². The zero-order valence-electron chi connectivity index (χ0n) is 17.4. The summed E-state index contributed by atoms with van der Waals surface area (Å²) in [4.78, 5) is 29.7. The number of nitrogens with zero attached hydrogens (tertiary/aromatic N) is 3. The molecule has 1 aromatic carbocycles.